The zero-order valence-corrected chi connectivity index (χ0v) is 19.4. The molecule has 164 valence electrons. The van der Waals surface area contributed by atoms with Crippen molar-refractivity contribution in [2.75, 3.05) is 30.1 Å². The molecule has 31 heavy (non-hydrogen) atoms. The van der Waals surface area contributed by atoms with E-state index in [1.807, 2.05) is 22.8 Å². The molecule has 0 bridgehead atoms. The lowest BCUT2D eigenvalue weighted by Crippen LogP contribution is -2.16. The van der Waals surface area contributed by atoms with Crippen molar-refractivity contribution in [2.24, 2.45) is 0 Å². The largest absolute Gasteiger partial charge is 0.383 e. The summed E-state index contributed by atoms with van der Waals surface area (Å²) in [4.78, 5) is 12.4. The van der Waals surface area contributed by atoms with Crippen LogP contribution in [0.2, 0.25) is 5.02 Å². The van der Waals surface area contributed by atoms with Crippen LogP contribution in [-0.4, -0.2) is 40.1 Å². The summed E-state index contributed by atoms with van der Waals surface area (Å²) < 4.78 is 7.23. The van der Waals surface area contributed by atoms with Gasteiger partial charge < -0.3 is 19.9 Å². The first-order chi connectivity index (χ1) is 15.0. The van der Waals surface area contributed by atoms with Crippen molar-refractivity contribution in [2.45, 2.75) is 32.1 Å². The SMILES string of the molecule is COCCn1c(CNc2c(C)cccc2C)nnc1SCC(=O)Nc1ccccc1Cl. The number of nitrogens with zero attached hydrogens (tertiary/aromatic N) is 3. The number of aromatic nitrogens is 3. The van der Waals surface area contributed by atoms with Crippen LogP contribution in [0, 0.1) is 13.8 Å². The van der Waals surface area contributed by atoms with Gasteiger partial charge in [0.05, 0.1) is 29.6 Å². The Morgan fingerprint density at radius 2 is 1.87 bits per heavy atom. The van der Waals surface area contributed by atoms with Gasteiger partial charge in [-0.25, -0.2) is 0 Å². The summed E-state index contributed by atoms with van der Waals surface area (Å²) in [7, 11) is 1.66. The predicted molar refractivity (Wildman–Crippen MR) is 126 cm³/mol. The summed E-state index contributed by atoms with van der Waals surface area (Å²) in [5.74, 6) is 0.823. The Balaban J connectivity index is 1.67. The van der Waals surface area contributed by atoms with E-state index < -0.39 is 0 Å². The summed E-state index contributed by atoms with van der Waals surface area (Å²) in [6.07, 6.45) is 0. The van der Waals surface area contributed by atoms with Crippen LogP contribution in [0.15, 0.2) is 47.6 Å². The highest BCUT2D eigenvalue weighted by Crippen LogP contribution is 2.23. The van der Waals surface area contributed by atoms with E-state index in [0.29, 0.717) is 35.6 Å². The smallest absolute Gasteiger partial charge is 0.234 e. The van der Waals surface area contributed by atoms with Crippen LogP contribution < -0.4 is 10.6 Å². The molecule has 9 heteroatoms. The molecule has 3 rings (SSSR count). The molecule has 0 saturated heterocycles. The quantitative estimate of drug-likeness (QED) is 0.433. The van der Waals surface area contributed by atoms with Gasteiger partial charge in [0, 0.05) is 19.3 Å². The van der Waals surface area contributed by atoms with E-state index in [2.05, 4.69) is 46.8 Å². The Bertz CT molecular complexity index is 1020. The van der Waals surface area contributed by atoms with Gasteiger partial charge in [-0.1, -0.05) is 53.7 Å². The van der Waals surface area contributed by atoms with Crippen molar-refractivity contribution < 1.29 is 9.53 Å². The van der Waals surface area contributed by atoms with Crippen LogP contribution >= 0.6 is 23.4 Å². The normalized spacial score (nSPS) is 10.8. The second-order valence-corrected chi connectivity index (χ2v) is 8.33. The molecule has 1 heterocycles. The lowest BCUT2D eigenvalue weighted by molar-refractivity contribution is -0.113. The second-order valence-electron chi connectivity index (χ2n) is 6.98. The number of halogens is 1. The standard InChI is InChI=1S/C22H26ClN5O2S/c1-15-7-6-8-16(2)21(15)24-13-19-26-27-22(28(19)11-12-30-3)31-14-20(29)25-18-10-5-4-9-17(18)23/h4-10,24H,11-14H2,1-3H3,(H,25,29). The summed E-state index contributed by atoms with van der Waals surface area (Å²) in [5.41, 5.74) is 4.04. The van der Waals surface area contributed by atoms with Gasteiger partial charge in [-0.2, -0.15) is 0 Å². The molecule has 0 atom stereocenters. The van der Waals surface area contributed by atoms with Gasteiger partial charge in [-0.15, -0.1) is 10.2 Å². The third-order valence-corrected chi connectivity index (χ3v) is 5.99. The zero-order chi connectivity index (χ0) is 22.2. The van der Waals surface area contributed by atoms with Crippen LogP contribution in [0.3, 0.4) is 0 Å². The number of nitrogens with one attached hydrogen (secondary N) is 2. The van der Waals surface area contributed by atoms with Crippen molar-refractivity contribution in [3.63, 3.8) is 0 Å². The molecule has 1 amide bonds. The summed E-state index contributed by atoms with van der Waals surface area (Å²) in [5, 5.41) is 16.1. The predicted octanol–water partition coefficient (Wildman–Crippen LogP) is 4.54. The number of rotatable bonds is 10. The van der Waals surface area contributed by atoms with Gasteiger partial charge >= 0.3 is 0 Å². The highest BCUT2D eigenvalue weighted by atomic mass is 35.5. The molecule has 0 saturated carbocycles. The Kier molecular flexibility index (Phi) is 8.34. The number of carbonyl (C=O) groups excluding carboxylic acids is 1. The van der Waals surface area contributed by atoms with E-state index in [9.17, 15) is 4.79 Å². The Morgan fingerprint density at radius 1 is 1.13 bits per heavy atom. The van der Waals surface area contributed by atoms with E-state index in [1.54, 1.807) is 19.2 Å². The first kappa shape index (κ1) is 23.1. The molecule has 0 aliphatic rings. The number of amides is 1. The Morgan fingerprint density at radius 3 is 2.58 bits per heavy atom. The monoisotopic (exact) mass is 459 g/mol. The van der Waals surface area contributed by atoms with E-state index in [4.69, 9.17) is 16.3 Å². The lowest BCUT2D eigenvalue weighted by atomic mass is 10.1. The second kappa shape index (κ2) is 11.2. The number of carbonyl (C=O) groups is 1. The van der Waals surface area contributed by atoms with Gasteiger partial charge in [0.2, 0.25) is 5.91 Å². The minimum absolute atomic E-state index is 0.158. The molecule has 7 nitrogen and oxygen atoms in total. The number of hydrogen-bond acceptors (Lipinski definition) is 6. The fourth-order valence-corrected chi connectivity index (χ4v) is 4.07. The topological polar surface area (TPSA) is 81.1 Å². The van der Waals surface area contributed by atoms with Crippen LogP contribution in [0.1, 0.15) is 17.0 Å². The summed E-state index contributed by atoms with van der Waals surface area (Å²) >= 11 is 7.44. The van der Waals surface area contributed by atoms with Crippen molar-refractivity contribution in [1.82, 2.24) is 14.8 Å². The van der Waals surface area contributed by atoms with E-state index >= 15 is 0 Å². The first-order valence-corrected chi connectivity index (χ1v) is 11.2. The summed E-state index contributed by atoms with van der Waals surface area (Å²) in [6.45, 7) is 5.79. The molecule has 2 aromatic carbocycles. The van der Waals surface area contributed by atoms with Crippen LogP contribution in [0.5, 0.6) is 0 Å². The van der Waals surface area contributed by atoms with E-state index in [-0.39, 0.29) is 11.7 Å². The fourth-order valence-electron chi connectivity index (χ4n) is 3.10. The number of thioether (sulfide) groups is 1. The number of aryl methyl sites for hydroxylation is 2. The van der Waals surface area contributed by atoms with Gasteiger partial charge in [0.1, 0.15) is 0 Å². The van der Waals surface area contributed by atoms with Crippen molar-refractivity contribution in [1.29, 1.82) is 0 Å². The third-order valence-electron chi connectivity index (χ3n) is 4.70. The third kappa shape index (κ3) is 6.22. The Labute approximate surface area is 191 Å². The van der Waals surface area contributed by atoms with Gasteiger partial charge in [0.15, 0.2) is 11.0 Å². The molecule has 0 unspecified atom stereocenters. The molecule has 0 aliphatic carbocycles. The minimum Gasteiger partial charge on any atom is -0.383 e. The first-order valence-electron chi connectivity index (χ1n) is 9.88. The number of anilines is 2. The lowest BCUT2D eigenvalue weighted by Gasteiger charge is -2.14. The molecule has 0 fully saturated rings. The highest BCUT2D eigenvalue weighted by molar-refractivity contribution is 7.99. The molecule has 0 aliphatic heterocycles. The number of methoxy groups -OCH3 is 1. The van der Waals surface area contributed by atoms with Gasteiger partial charge in [-0.05, 0) is 37.1 Å². The number of para-hydroxylation sites is 2. The molecular formula is C22H26ClN5O2S. The van der Waals surface area contributed by atoms with Crippen LogP contribution in [0.25, 0.3) is 0 Å². The van der Waals surface area contributed by atoms with Crippen LogP contribution in [0.4, 0.5) is 11.4 Å². The summed E-state index contributed by atoms with van der Waals surface area (Å²) in [6, 6.07) is 13.3. The van der Waals surface area contributed by atoms with E-state index in [1.165, 1.54) is 22.9 Å². The van der Waals surface area contributed by atoms with Gasteiger partial charge in [0.25, 0.3) is 0 Å². The fraction of sp³-hybridized carbons (Fsp3) is 0.318. The van der Waals surface area contributed by atoms with Crippen molar-refractivity contribution in [3.05, 3.63) is 64.4 Å². The maximum absolute atomic E-state index is 12.4. The minimum atomic E-state index is -0.158. The molecule has 3 aromatic rings. The van der Waals surface area contributed by atoms with Crippen LogP contribution in [-0.2, 0) is 22.6 Å². The zero-order valence-electron chi connectivity index (χ0n) is 17.8. The van der Waals surface area contributed by atoms with E-state index in [0.717, 1.165) is 11.5 Å². The highest BCUT2D eigenvalue weighted by Gasteiger charge is 2.15. The molecule has 0 spiro atoms. The van der Waals surface area contributed by atoms with Gasteiger partial charge in [-0.3, -0.25) is 4.79 Å². The Hall–Kier alpha value is -2.55. The maximum atomic E-state index is 12.4. The maximum Gasteiger partial charge on any atom is 0.234 e. The van der Waals surface area contributed by atoms with Crippen molar-refractivity contribution >= 4 is 40.6 Å². The average Bonchev–Trinajstić information content (AvgIpc) is 3.13. The van der Waals surface area contributed by atoms with Crippen molar-refractivity contribution in [3.8, 4) is 0 Å². The molecule has 2 N–H and O–H groups in total. The molecule has 0 radical (unpaired) electrons. The number of ether oxygens (including phenoxy) is 1. The molecular weight excluding hydrogens is 434 g/mol. The molecule has 1 aromatic heterocycles. The average molecular weight is 460 g/mol. The number of benzene rings is 2. The number of hydrogen-bond donors (Lipinski definition) is 2.